The molecule has 11 heteroatoms. The molecule has 0 aromatic carbocycles. The molecule has 6 N–H and O–H groups in total. The number of rotatable bonds is 3. The van der Waals surface area contributed by atoms with E-state index in [1.54, 1.807) is 0 Å². The highest BCUT2D eigenvalue weighted by atomic mass is 32.3. The minimum atomic E-state index is -4.72. The van der Waals surface area contributed by atoms with Gasteiger partial charge in [-0.2, -0.15) is 8.42 Å². The second-order valence-electron chi connectivity index (χ2n) is 3.57. The molecule has 0 saturated carbocycles. The Morgan fingerprint density at radius 1 is 1.37 bits per heavy atom. The minimum Gasteiger partial charge on any atom is -0.870 e. The molecule has 0 aliphatic carbocycles. The van der Waals surface area contributed by atoms with Crippen LogP contribution in [0.4, 0.5) is 17.6 Å². The van der Waals surface area contributed by atoms with Crippen molar-refractivity contribution in [3.8, 4) is 0 Å². The molecule has 0 fully saturated rings. The Balaban J connectivity index is 0.00000180. The molecule has 1 aliphatic rings. The molecule has 106 valence electrons. The van der Waals surface area contributed by atoms with Gasteiger partial charge in [-0.25, -0.2) is 4.28 Å². The third-order valence-corrected chi connectivity index (χ3v) is 2.60. The zero-order valence-electron chi connectivity index (χ0n) is 9.67. The van der Waals surface area contributed by atoms with Gasteiger partial charge in [-0.3, -0.25) is 4.55 Å². The summed E-state index contributed by atoms with van der Waals surface area (Å²) in [4.78, 5) is 5.81. The lowest BCUT2D eigenvalue weighted by Crippen LogP contribution is -2.50. The number of aromatic nitrogens is 2. The lowest BCUT2D eigenvalue weighted by molar-refractivity contribution is -0.835. The Bertz CT molecular complexity index is 571. The lowest BCUT2D eigenvalue weighted by Gasteiger charge is -2.15. The summed E-state index contributed by atoms with van der Waals surface area (Å²) in [6, 6.07) is 1.40. The highest BCUT2D eigenvalue weighted by Gasteiger charge is 2.22. The van der Waals surface area contributed by atoms with Crippen LogP contribution in [0.1, 0.15) is 0 Å². The van der Waals surface area contributed by atoms with Crippen molar-refractivity contribution in [2.75, 3.05) is 29.5 Å². The van der Waals surface area contributed by atoms with Gasteiger partial charge >= 0.3 is 16.3 Å². The van der Waals surface area contributed by atoms with E-state index in [2.05, 4.69) is 9.27 Å². The van der Waals surface area contributed by atoms with Crippen molar-refractivity contribution >= 4 is 28.0 Å². The first kappa shape index (κ1) is 14.9. The highest BCUT2D eigenvalue weighted by molar-refractivity contribution is 7.80. The van der Waals surface area contributed by atoms with Crippen molar-refractivity contribution in [3.05, 3.63) is 18.2 Å². The summed E-state index contributed by atoms with van der Waals surface area (Å²) in [6.45, 7) is 1.32. The first-order chi connectivity index (χ1) is 8.37. The van der Waals surface area contributed by atoms with Crippen LogP contribution in [-0.4, -0.2) is 36.5 Å². The average molecular weight is 291 g/mol. The summed E-state index contributed by atoms with van der Waals surface area (Å²) in [5, 5.41) is 0. The van der Waals surface area contributed by atoms with E-state index in [1.807, 2.05) is 17.1 Å². The van der Waals surface area contributed by atoms with Crippen molar-refractivity contribution < 1.29 is 27.5 Å². The maximum atomic E-state index is 10.6. The number of hydrogen-bond acceptors (Lipinski definition) is 8. The second kappa shape index (κ2) is 5.26. The van der Waals surface area contributed by atoms with Gasteiger partial charge in [-0.1, -0.05) is 17.1 Å². The van der Waals surface area contributed by atoms with Gasteiger partial charge in [0.15, 0.2) is 5.82 Å². The third kappa shape index (κ3) is 3.43. The smallest absolute Gasteiger partial charge is 0.474 e. The summed E-state index contributed by atoms with van der Waals surface area (Å²) in [7, 11) is -4.72. The molecule has 0 radical (unpaired) electrons. The normalized spacial score (nSPS) is 14.3. The van der Waals surface area contributed by atoms with Crippen LogP contribution in [0.5, 0.6) is 0 Å². The van der Waals surface area contributed by atoms with Crippen LogP contribution in [0.3, 0.4) is 0 Å². The van der Waals surface area contributed by atoms with Crippen molar-refractivity contribution in [2.24, 2.45) is 0 Å². The fraction of sp³-hybridized carbons (Fsp3) is 0.250. The van der Waals surface area contributed by atoms with Crippen LogP contribution in [0, 0.1) is 0 Å². The van der Waals surface area contributed by atoms with Crippen LogP contribution < -0.4 is 25.4 Å². The lowest BCUT2D eigenvalue weighted by atomic mass is 10.4. The van der Waals surface area contributed by atoms with Gasteiger partial charge in [0, 0.05) is 13.1 Å². The highest BCUT2D eigenvalue weighted by Crippen LogP contribution is 2.16. The molecule has 0 bridgehead atoms. The van der Waals surface area contributed by atoms with E-state index in [-0.39, 0.29) is 17.2 Å². The van der Waals surface area contributed by atoms with Gasteiger partial charge in [0.25, 0.3) is 0 Å². The summed E-state index contributed by atoms with van der Waals surface area (Å²) < 4.78 is 34.5. The molecule has 1 aliphatic heterocycles. The van der Waals surface area contributed by atoms with Crippen molar-refractivity contribution in [1.29, 1.82) is 0 Å². The molecule has 2 heterocycles. The molecular formula is C8H13N5O5S. The van der Waals surface area contributed by atoms with Crippen molar-refractivity contribution in [3.63, 3.8) is 0 Å². The van der Waals surface area contributed by atoms with E-state index in [4.69, 9.17) is 16.0 Å². The molecule has 0 unspecified atom stereocenters. The summed E-state index contributed by atoms with van der Waals surface area (Å²) in [6.07, 6.45) is 3.90. The molecular weight excluding hydrogens is 278 g/mol. The van der Waals surface area contributed by atoms with Gasteiger partial charge < -0.3 is 21.8 Å². The number of nitrogen functional groups attached to an aromatic ring is 2. The molecule has 10 nitrogen and oxygen atoms in total. The van der Waals surface area contributed by atoms with E-state index in [1.165, 1.54) is 6.07 Å². The van der Waals surface area contributed by atoms with E-state index in [9.17, 15) is 8.42 Å². The Hall–Kier alpha value is -2.11. The minimum absolute atomic E-state index is 0. The average Bonchev–Trinajstić information content (AvgIpc) is 2.75. The Morgan fingerprint density at radius 3 is 2.42 bits per heavy atom. The largest absolute Gasteiger partial charge is 0.870 e. The van der Waals surface area contributed by atoms with Crippen molar-refractivity contribution in [2.45, 2.75) is 0 Å². The molecule has 2 rings (SSSR count). The molecule has 0 saturated heterocycles. The maximum absolute atomic E-state index is 10.6. The molecule has 1 aromatic rings. The van der Waals surface area contributed by atoms with Gasteiger partial charge in [0.2, 0.25) is 5.82 Å². The van der Waals surface area contributed by atoms with Gasteiger partial charge in [-0.15, -0.1) is 0 Å². The Kier molecular flexibility index (Phi) is 4.14. The summed E-state index contributed by atoms with van der Waals surface area (Å²) in [5.41, 5.74) is 11.1. The van der Waals surface area contributed by atoms with Crippen LogP contribution in [-0.2, 0) is 10.4 Å². The zero-order chi connectivity index (χ0) is 13.3. The fourth-order valence-electron chi connectivity index (χ4n) is 1.52. The Morgan fingerprint density at radius 2 is 1.95 bits per heavy atom. The van der Waals surface area contributed by atoms with E-state index < -0.39 is 10.4 Å². The maximum Gasteiger partial charge on any atom is 0.474 e. The van der Waals surface area contributed by atoms with E-state index in [0.29, 0.717) is 23.6 Å². The number of anilines is 3. The number of nitrogens with two attached hydrogens (primary N) is 2. The first-order valence-electron chi connectivity index (χ1n) is 4.92. The fourth-order valence-corrected chi connectivity index (χ4v) is 1.87. The second-order valence-corrected chi connectivity index (χ2v) is 4.57. The monoisotopic (exact) mass is 291 g/mol. The number of nitrogens with zero attached hydrogens (tertiary/aromatic N) is 3. The van der Waals surface area contributed by atoms with Crippen LogP contribution in [0.2, 0.25) is 0 Å². The van der Waals surface area contributed by atoms with Gasteiger partial charge in [0.05, 0.1) is 6.07 Å². The summed E-state index contributed by atoms with van der Waals surface area (Å²) in [5.74, 6) is 0.113. The Labute approximate surface area is 109 Å². The van der Waals surface area contributed by atoms with Gasteiger partial charge in [-0.05, 0) is 4.73 Å². The SMILES string of the molecule is Nc1cc(N2CC=CC2)nc(N)[n+]1OS(=O)(=O)O.[OH-]. The van der Waals surface area contributed by atoms with E-state index in [0.717, 1.165) is 0 Å². The quantitative estimate of drug-likeness (QED) is 0.323. The zero-order valence-corrected chi connectivity index (χ0v) is 10.5. The third-order valence-electron chi connectivity index (χ3n) is 2.26. The molecule has 19 heavy (non-hydrogen) atoms. The van der Waals surface area contributed by atoms with Gasteiger partial charge in [0.1, 0.15) is 0 Å². The predicted octanol–water partition coefficient (Wildman–Crippen LogP) is -2.04. The summed E-state index contributed by atoms with van der Waals surface area (Å²) >= 11 is 0. The van der Waals surface area contributed by atoms with Crippen LogP contribution >= 0.6 is 0 Å². The molecule has 0 amide bonds. The molecule has 1 aromatic heterocycles. The predicted molar refractivity (Wildman–Crippen MR) is 64.7 cm³/mol. The molecule has 0 spiro atoms. The first-order valence-corrected chi connectivity index (χ1v) is 6.29. The van der Waals surface area contributed by atoms with E-state index >= 15 is 0 Å². The molecule has 0 atom stereocenters. The topological polar surface area (TPSA) is 166 Å². The van der Waals surface area contributed by atoms with Crippen molar-refractivity contribution in [1.82, 2.24) is 4.98 Å². The number of hydrogen-bond donors (Lipinski definition) is 3. The standard InChI is InChI=1S/C8H11N5O4S.H2O/c9-6-5-7(12-3-1-2-4-12)11-8(10)13(6)17-18(14,15)16;/h1-2,5H,3-4H2,(H4,9,10,11,14,15,16);1H2. The van der Waals surface area contributed by atoms with Crippen LogP contribution in [0.15, 0.2) is 18.2 Å². The van der Waals surface area contributed by atoms with Crippen LogP contribution in [0.25, 0.3) is 0 Å².